The second-order valence-electron chi connectivity index (χ2n) is 6.15. The molecule has 1 amide bonds. The summed E-state index contributed by atoms with van der Waals surface area (Å²) in [7, 11) is 0. The highest BCUT2D eigenvalue weighted by atomic mass is 79.9. The van der Waals surface area contributed by atoms with E-state index in [1.165, 1.54) is 0 Å². The summed E-state index contributed by atoms with van der Waals surface area (Å²) in [5.74, 6) is 0.00835. The molecule has 0 aliphatic rings. The molecule has 0 bridgehead atoms. The van der Waals surface area contributed by atoms with Gasteiger partial charge < -0.3 is 5.32 Å². The molecule has 0 aliphatic carbocycles. The molecule has 0 aliphatic heterocycles. The van der Waals surface area contributed by atoms with E-state index in [0.29, 0.717) is 6.42 Å². The zero-order valence-corrected chi connectivity index (χ0v) is 14.2. The molecule has 2 rings (SSSR count). The van der Waals surface area contributed by atoms with Crippen molar-refractivity contribution in [3.8, 4) is 0 Å². The second kappa shape index (κ2) is 6.44. The van der Waals surface area contributed by atoms with Gasteiger partial charge in [-0.1, -0.05) is 67.0 Å². The topological polar surface area (TPSA) is 29.1 Å². The highest BCUT2D eigenvalue weighted by Crippen LogP contribution is 2.29. The van der Waals surface area contributed by atoms with Crippen LogP contribution in [0, 0.1) is 0 Å². The average Bonchev–Trinajstić information content (AvgIpc) is 2.41. The Bertz CT molecular complexity index is 626. The quantitative estimate of drug-likeness (QED) is 0.839. The van der Waals surface area contributed by atoms with Crippen LogP contribution in [0.5, 0.6) is 0 Å². The van der Waals surface area contributed by atoms with Crippen LogP contribution >= 0.6 is 15.9 Å². The van der Waals surface area contributed by atoms with Crippen molar-refractivity contribution in [1.82, 2.24) is 0 Å². The van der Waals surface area contributed by atoms with E-state index in [1.807, 2.05) is 42.5 Å². The van der Waals surface area contributed by atoms with Gasteiger partial charge in [-0.3, -0.25) is 4.79 Å². The summed E-state index contributed by atoms with van der Waals surface area (Å²) in [6, 6.07) is 15.8. The molecule has 2 aromatic rings. The van der Waals surface area contributed by atoms with Crippen molar-refractivity contribution >= 4 is 27.5 Å². The van der Waals surface area contributed by atoms with Crippen molar-refractivity contribution in [2.24, 2.45) is 0 Å². The summed E-state index contributed by atoms with van der Waals surface area (Å²) >= 11 is 3.40. The van der Waals surface area contributed by atoms with E-state index >= 15 is 0 Å². The first-order chi connectivity index (χ1) is 9.86. The Morgan fingerprint density at radius 1 is 1.05 bits per heavy atom. The summed E-state index contributed by atoms with van der Waals surface area (Å²) in [5.41, 5.74) is 3.05. The predicted molar refractivity (Wildman–Crippen MR) is 91.6 cm³/mol. The van der Waals surface area contributed by atoms with E-state index in [9.17, 15) is 4.79 Å². The normalized spacial score (nSPS) is 11.2. The molecule has 3 heteroatoms. The zero-order chi connectivity index (χ0) is 15.5. The Kier molecular flexibility index (Phi) is 4.84. The van der Waals surface area contributed by atoms with E-state index in [2.05, 4.69) is 48.1 Å². The van der Waals surface area contributed by atoms with E-state index in [0.717, 1.165) is 21.3 Å². The Balaban J connectivity index is 2.11. The minimum absolute atomic E-state index is 0.00147. The van der Waals surface area contributed by atoms with Crippen LogP contribution in [0.25, 0.3) is 0 Å². The van der Waals surface area contributed by atoms with Gasteiger partial charge in [-0.25, -0.2) is 0 Å². The van der Waals surface area contributed by atoms with Crippen LogP contribution < -0.4 is 5.32 Å². The number of rotatable bonds is 3. The minimum Gasteiger partial charge on any atom is -0.326 e. The first kappa shape index (κ1) is 15.8. The van der Waals surface area contributed by atoms with E-state index in [4.69, 9.17) is 0 Å². The van der Waals surface area contributed by atoms with Crippen LogP contribution in [0.15, 0.2) is 53.0 Å². The molecule has 0 atom stereocenters. The molecule has 0 spiro atoms. The van der Waals surface area contributed by atoms with Crippen LogP contribution in [0.3, 0.4) is 0 Å². The van der Waals surface area contributed by atoms with Crippen molar-refractivity contribution in [2.75, 3.05) is 5.32 Å². The van der Waals surface area contributed by atoms with Gasteiger partial charge in [0.1, 0.15) is 0 Å². The maximum absolute atomic E-state index is 12.2. The molecule has 1 N–H and O–H groups in total. The number of para-hydroxylation sites is 1. The van der Waals surface area contributed by atoms with Crippen LogP contribution in [0.1, 0.15) is 31.9 Å². The summed E-state index contributed by atoms with van der Waals surface area (Å²) in [6.07, 6.45) is 0.381. The molecule has 0 heterocycles. The van der Waals surface area contributed by atoms with Crippen molar-refractivity contribution in [2.45, 2.75) is 32.6 Å². The van der Waals surface area contributed by atoms with Crippen molar-refractivity contribution in [3.05, 3.63) is 64.1 Å². The van der Waals surface area contributed by atoms with Gasteiger partial charge in [0, 0.05) is 10.2 Å². The number of nitrogens with one attached hydrogen (secondary N) is 1. The fraction of sp³-hybridized carbons (Fsp3) is 0.278. The summed E-state index contributed by atoms with van der Waals surface area (Å²) in [6.45, 7) is 6.44. The number of anilines is 1. The van der Waals surface area contributed by atoms with Crippen molar-refractivity contribution in [3.63, 3.8) is 0 Å². The third-order valence-corrected chi connectivity index (χ3v) is 3.82. The Hall–Kier alpha value is -1.61. The highest BCUT2D eigenvalue weighted by Gasteiger charge is 2.18. The zero-order valence-electron chi connectivity index (χ0n) is 12.6. The largest absolute Gasteiger partial charge is 0.326 e. The fourth-order valence-corrected chi connectivity index (χ4v) is 2.49. The SMILES string of the molecule is CC(C)(C)c1ccccc1NC(=O)Cc1ccc(Br)cc1. The minimum atomic E-state index is 0.00147. The van der Waals surface area contributed by atoms with Gasteiger partial charge in [-0.05, 0) is 34.7 Å². The Morgan fingerprint density at radius 2 is 1.67 bits per heavy atom. The number of amides is 1. The van der Waals surface area contributed by atoms with Crippen LogP contribution in [-0.4, -0.2) is 5.91 Å². The molecule has 0 saturated heterocycles. The lowest BCUT2D eigenvalue weighted by Gasteiger charge is -2.23. The highest BCUT2D eigenvalue weighted by molar-refractivity contribution is 9.10. The van der Waals surface area contributed by atoms with E-state index in [-0.39, 0.29) is 11.3 Å². The van der Waals surface area contributed by atoms with Crippen LogP contribution in [-0.2, 0) is 16.6 Å². The smallest absolute Gasteiger partial charge is 0.228 e. The molecular formula is C18H20BrNO. The second-order valence-corrected chi connectivity index (χ2v) is 7.06. The van der Waals surface area contributed by atoms with Gasteiger partial charge >= 0.3 is 0 Å². The molecule has 0 radical (unpaired) electrons. The van der Waals surface area contributed by atoms with Gasteiger partial charge in [0.2, 0.25) is 5.91 Å². The van der Waals surface area contributed by atoms with Crippen LogP contribution in [0.2, 0.25) is 0 Å². The van der Waals surface area contributed by atoms with E-state index < -0.39 is 0 Å². The summed E-state index contributed by atoms with van der Waals surface area (Å²) in [4.78, 5) is 12.2. The standard InChI is InChI=1S/C18H20BrNO/c1-18(2,3)15-6-4-5-7-16(15)20-17(21)12-13-8-10-14(19)11-9-13/h4-11H,12H2,1-3H3,(H,20,21). The van der Waals surface area contributed by atoms with Gasteiger partial charge in [0.25, 0.3) is 0 Å². The number of benzene rings is 2. The predicted octanol–water partition coefficient (Wildman–Crippen LogP) is 4.93. The summed E-state index contributed by atoms with van der Waals surface area (Å²) < 4.78 is 1.02. The average molecular weight is 346 g/mol. The Labute approximate surface area is 134 Å². The lowest BCUT2D eigenvalue weighted by atomic mass is 9.86. The Morgan fingerprint density at radius 3 is 2.29 bits per heavy atom. The van der Waals surface area contributed by atoms with Crippen LogP contribution in [0.4, 0.5) is 5.69 Å². The molecule has 110 valence electrons. The number of carbonyl (C=O) groups excluding carboxylic acids is 1. The van der Waals surface area contributed by atoms with Gasteiger partial charge in [0.15, 0.2) is 0 Å². The van der Waals surface area contributed by atoms with Gasteiger partial charge in [-0.15, -0.1) is 0 Å². The molecule has 2 nitrogen and oxygen atoms in total. The molecular weight excluding hydrogens is 326 g/mol. The maximum Gasteiger partial charge on any atom is 0.228 e. The first-order valence-corrected chi connectivity index (χ1v) is 7.79. The summed E-state index contributed by atoms with van der Waals surface area (Å²) in [5, 5.41) is 3.03. The molecule has 2 aromatic carbocycles. The molecule has 0 unspecified atom stereocenters. The number of hydrogen-bond acceptors (Lipinski definition) is 1. The number of carbonyl (C=O) groups is 1. The van der Waals surface area contributed by atoms with Crippen molar-refractivity contribution < 1.29 is 4.79 Å². The van der Waals surface area contributed by atoms with Gasteiger partial charge in [-0.2, -0.15) is 0 Å². The third kappa shape index (κ3) is 4.43. The van der Waals surface area contributed by atoms with Gasteiger partial charge in [0.05, 0.1) is 6.42 Å². The lowest BCUT2D eigenvalue weighted by molar-refractivity contribution is -0.115. The maximum atomic E-state index is 12.2. The third-order valence-electron chi connectivity index (χ3n) is 3.29. The van der Waals surface area contributed by atoms with E-state index in [1.54, 1.807) is 0 Å². The fourth-order valence-electron chi connectivity index (χ4n) is 2.23. The number of halogens is 1. The first-order valence-electron chi connectivity index (χ1n) is 7.00. The lowest BCUT2D eigenvalue weighted by Crippen LogP contribution is -2.19. The number of hydrogen-bond donors (Lipinski definition) is 1. The molecule has 21 heavy (non-hydrogen) atoms. The molecule has 0 fully saturated rings. The van der Waals surface area contributed by atoms with Crippen molar-refractivity contribution in [1.29, 1.82) is 0 Å². The molecule has 0 aromatic heterocycles. The molecule has 0 saturated carbocycles. The monoisotopic (exact) mass is 345 g/mol.